The summed E-state index contributed by atoms with van der Waals surface area (Å²) in [5, 5.41) is 2.67. The molecule has 0 unspecified atom stereocenters. The molecular weight excluding hydrogens is 719 g/mol. The number of anilines is 5. The smallest absolute Gasteiger partial charge is 0.333 e. The average molecular weight is 769 g/mol. The summed E-state index contributed by atoms with van der Waals surface area (Å²) in [5.74, 6) is 0. The molecule has 0 bridgehead atoms. The molecule has 3 aliphatic rings. The molecule has 58 heavy (non-hydrogen) atoms. The van der Waals surface area contributed by atoms with Crippen LogP contribution in [-0.4, -0.2) is 6.85 Å². The molecule has 1 aliphatic carbocycles. The standard InChI is InChI=1S/C54H49BN2S/c1-6-7-17-35-26-28-45(40(32-35)36-18-10-8-11-19-36)56-46-24-16-23-38-41-33-42-43(54(4,5)31-30-53(42,2)3)34-47(41)57(37-20-12-9-13-21-37)55(51(38)46)44-27-29-49-50(52(44)56)39-22-14-15-25-48(39)58-49/h8-16,18-29,32-34H,6-7,17,30-31H2,1-5H3. The van der Waals surface area contributed by atoms with Gasteiger partial charge in [-0.15, -0.1) is 11.3 Å². The molecule has 284 valence electrons. The molecule has 0 N–H and O–H groups in total. The molecule has 1 aromatic heterocycles. The van der Waals surface area contributed by atoms with Gasteiger partial charge >= 0.3 is 6.85 Å². The molecule has 0 saturated heterocycles. The second-order valence-electron chi connectivity index (χ2n) is 18.2. The second-order valence-corrected chi connectivity index (χ2v) is 19.2. The minimum Gasteiger partial charge on any atom is -0.376 e. The molecule has 0 atom stereocenters. The summed E-state index contributed by atoms with van der Waals surface area (Å²) in [7, 11) is 0. The van der Waals surface area contributed by atoms with E-state index in [1.54, 1.807) is 0 Å². The predicted octanol–water partition coefficient (Wildman–Crippen LogP) is 14.1. The lowest BCUT2D eigenvalue weighted by Gasteiger charge is -2.48. The number of aryl methyl sites for hydroxylation is 1. The van der Waals surface area contributed by atoms with Gasteiger partial charge in [0.05, 0.1) is 11.4 Å². The molecule has 0 amide bonds. The lowest BCUT2D eigenvalue weighted by atomic mass is 9.43. The SMILES string of the molecule is CCCCc1ccc(N2c3cccc4c3B(c3ccc5sc6ccccc6c5c32)N(c2ccccc2)c2cc3c(cc2-4)C(C)(C)CCC3(C)C)c(-c2ccccc2)c1. The molecule has 3 heterocycles. The van der Waals surface area contributed by atoms with Crippen LogP contribution < -0.4 is 20.6 Å². The zero-order chi connectivity index (χ0) is 39.3. The van der Waals surface area contributed by atoms with Gasteiger partial charge in [-0.05, 0) is 130 Å². The summed E-state index contributed by atoms with van der Waals surface area (Å²) in [6, 6.07) is 55.8. The van der Waals surface area contributed by atoms with E-state index in [2.05, 4.69) is 190 Å². The van der Waals surface area contributed by atoms with Crippen molar-refractivity contribution in [3.05, 3.63) is 162 Å². The Bertz CT molecular complexity index is 2910. The Morgan fingerprint density at radius 1 is 0.603 bits per heavy atom. The molecule has 0 radical (unpaired) electrons. The highest BCUT2D eigenvalue weighted by molar-refractivity contribution is 7.26. The number of rotatable bonds is 6. The van der Waals surface area contributed by atoms with Gasteiger partial charge < -0.3 is 9.71 Å². The van der Waals surface area contributed by atoms with Crippen LogP contribution >= 0.6 is 11.3 Å². The average Bonchev–Trinajstić information content (AvgIpc) is 3.64. The summed E-state index contributed by atoms with van der Waals surface area (Å²) in [6.45, 7) is 12.1. The van der Waals surface area contributed by atoms with Crippen molar-refractivity contribution in [3.63, 3.8) is 0 Å². The van der Waals surface area contributed by atoms with Crippen LogP contribution in [0.1, 0.15) is 77.0 Å². The van der Waals surface area contributed by atoms with Gasteiger partial charge in [0.1, 0.15) is 0 Å². The highest BCUT2D eigenvalue weighted by Crippen LogP contribution is 2.55. The van der Waals surface area contributed by atoms with Crippen molar-refractivity contribution in [1.29, 1.82) is 0 Å². The Kier molecular flexibility index (Phi) is 8.11. The van der Waals surface area contributed by atoms with Gasteiger partial charge in [-0.1, -0.05) is 132 Å². The minimum atomic E-state index is -0.0304. The molecule has 7 aromatic carbocycles. The van der Waals surface area contributed by atoms with Crippen LogP contribution in [0.5, 0.6) is 0 Å². The Morgan fingerprint density at radius 2 is 1.33 bits per heavy atom. The third-order valence-corrected chi connectivity index (χ3v) is 14.8. The van der Waals surface area contributed by atoms with Gasteiger partial charge in [0.15, 0.2) is 0 Å². The van der Waals surface area contributed by atoms with Crippen LogP contribution in [-0.2, 0) is 17.3 Å². The van der Waals surface area contributed by atoms with Crippen molar-refractivity contribution in [2.45, 2.75) is 77.6 Å². The van der Waals surface area contributed by atoms with E-state index in [1.165, 1.54) is 124 Å². The number of hydrogen-bond acceptors (Lipinski definition) is 3. The van der Waals surface area contributed by atoms with Gasteiger partial charge in [0.25, 0.3) is 0 Å². The van der Waals surface area contributed by atoms with Gasteiger partial charge in [-0.25, -0.2) is 0 Å². The van der Waals surface area contributed by atoms with Crippen LogP contribution in [0.25, 0.3) is 42.4 Å². The fourth-order valence-electron chi connectivity index (χ4n) is 10.5. The molecule has 2 nitrogen and oxygen atoms in total. The van der Waals surface area contributed by atoms with Crippen LogP contribution in [0.15, 0.2) is 146 Å². The summed E-state index contributed by atoms with van der Waals surface area (Å²) in [4.78, 5) is 5.36. The van der Waals surface area contributed by atoms with E-state index in [1.807, 2.05) is 11.3 Å². The largest absolute Gasteiger partial charge is 0.376 e. The Labute approximate surface area is 347 Å². The van der Waals surface area contributed by atoms with E-state index in [-0.39, 0.29) is 17.7 Å². The number of para-hydroxylation sites is 1. The van der Waals surface area contributed by atoms with Crippen molar-refractivity contribution in [2.75, 3.05) is 9.71 Å². The normalized spacial score (nSPS) is 15.9. The third-order valence-electron chi connectivity index (χ3n) is 13.7. The fraction of sp³-hybridized carbons (Fsp3) is 0.222. The zero-order valence-corrected chi connectivity index (χ0v) is 35.1. The summed E-state index contributed by atoms with van der Waals surface area (Å²) < 4.78 is 2.65. The molecular formula is C54H49BN2S. The van der Waals surface area contributed by atoms with Crippen LogP contribution in [0.3, 0.4) is 0 Å². The van der Waals surface area contributed by atoms with Crippen LogP contribution in [0.2, 0.25) is 0 Å². The maximum atomic E-state index is 2.70. The molecule has 0 spiro atoms. The highest BCUT2D eigenvalue weighted by atomic mass is 32.1. The maximum Gasteiger partial charge on any atom is 0.333 e. The topological polar surface area (TPSA) is 6.48 Å². The van der Waals surface area contributed by atoms with E-state index in [0.29, 0.717) is 0 Å². The molecule has 11 rings (SSSR count). The van der Waals surface area contributed by atoms with E-state index in [9.17, 15) is 0 Å². The Balaban J connectivity index is 1.28. The summed E-state index contributed by atoms with van der Waals surface area (Å²) in [6.07, 6.45) is 5.81. The van der Waals surface area contributed by atoms with Crippen molar-refractivity contribution >= 4 is 77.7 Å². The Hall–Kier alpha value is -5.58. The number of hydrogen-bond donors (Lipinski definition) is 0. The van der Waals surface area contributed by atoms with E-state index >= 15 is 0 Å². The van der Waals surface area contributed by atoms with Crippen molar-refractivity contribution < 1.29 is 0 Å². The summed E-state index contributed by atoms with van der Waals surface area (Å²) in [5.41, 5.74) is 18.8. The first-order chi connectivity index (χ1) is 28.2. The fourth-order valence-corrected chi connectivity index (χ4v) is 11.6. The number of fused-ring (bicyclic) bond motifs is 9. The number of unbranched alkanes of at least 4 members (excludes halogenated alkanes) is 1. The quantitative estimate of drug-likeness (QED) is 0.155. The highest BCUT2D eigenvalue weighted by Gasteiger charge is 2.47. The molecule has 0 fully saturated rings. The van der Waals surface area contributed by atoms with Gasteiger partial charge in [-0.2, -0.15) is 0 Å². The molecule has 2 aliphatic heterocycles. The van der Waals surface area contributed by atoms with Crippen molar-refractivity contribution in [1.82, 2.24) is 0 Å². The first-order valence-electron chi connectivity index (χ1n) is 21.3. The monoisotopic (exact) mass is 768 g/mol. The summed E-state index contributed by atoms with van der Waals surface area (Å²) >= 11 is 1.91. The first kappa shape index (κ1) is 35.6. The van der Waals surface area contributed by atoms with Crippen LogP contribution in [0.4, 0.5) is 28.4 Å². The predicted molar refractivity (Wildman–Crippen MR) is 252 cm³/mol. The minimum absolute atomic E-state index is 0.0304. The molecule has 0 saturated carbocycles. The Morgan fingerprint density at radius 3 is 2.10 bits per heavy atom. The number of nitrogens with zero attached hydrogens (tertiary/aromatic N) is 2. The third kappa shape index (κ3) is 5.30. The van der Waals surface area contributed by atoms with E-state index < -0.39 is 0 Å². The van der Waals surface area contributed by atoms with E-state index in [0.717, 1.165) is 6.42 Å². The van der Waals surface area contributed by atoms with Crippen molar-refractivity contribution in [2.24, 2.45) is 0 Å². The second kappa shape index (κ2) is 13.2. The first-order valence-corrected chi connectivity index (χ1v) is 22.1. The van der Waals surface area contributed by atoms with Gasteiger partial charge in [0, 0.05) is 48.4 Å². The maximum absolute atomic E-state index is 2.70. The molecule has 4 heteroatoms. The van der Waals surface area contributed by atoms with Crippen molar-refractivity contribution in [3.8, 4) is 22.3 Å². The zero-order valence-electron chi connectivity index (χ0n) is 34.3. The van der Waals surface area contributed by atoms with Gasteiger partial charge in [0.2, 0.25) is 0 Å². The molecule has 8 aromatic rings. The lowest BCUT2D eigenvalue weighted by Crippen LogP contribution is -2.61. The van der Waals surface area contributed by atoms with E-state index in [4.69, 9.17) is 0 Å². The lowest BCUT2D eigenvalue weighted by molar-refractivity contribution is 0.332. The van der Waals surface area contributed by atoms with Crippen LogP contribution in [0, 0.1) is 0 Å². The van der Waals surface area contributed by atoms with Gasteiger partial charge in [-0.3, -0.25) is 0 Å². The number of benzene rings is 7. The number of thiophene rings is 1.